The first-order valence-corrected chi connectivity index (χ1v) is 7.69. The van der Waals surface area contributed by atoms with E-state index in [1.807, 2.05) is 31.2 Å². The van der Waals surface area contributed by atoms with Crippen LogP contribution in [0.2, 0.25) is 5.02 Å². The summed E-state index contributed by atoms with van der Waals surface area (Å²) in [4.78, 5) is 0. The third-order valence-corrected chi connectivity index (χ3v) is 4.52. The van der Waals surface area contributed by atoms with E-state index in [2.05, 4.69) is 24.3 Å². The standard InChI is InChI=1S/C18H20ClNO/c1-18(20,15-8-4-5-9-16(15)19)12-17-14-7-3-2-6-13(14)10-11-21-17/h2-9,17H,10-12,20H2,1H3. The van der Waals surface area contributed by atoms with E-state index in [1.54, 1.807) is 0 Å². The molecule has 21 heavy (non-hydrogen) atoms. The summed E-state index contributed by atoms with van der Waals surface area (Å²) in [6.45, 7) is 2.77. The first-order valence-electron chi connectivity index (χ1n) is 7.31. The van der Waals surface area contributed by atoms with Crippen LogP contribution in [-0.2, 0) is 16.7 Å². The highest BCUT2D eigenvalue weighted by Crippen LogP contribution is 2.38. The Morgan fingerprint density at radius 1 is 1.19 bits per heavy atom. The molecule has 0 saturated carbocycles. The van der Waals surface area contributed by atoms with Gasteiger partial charge >= 0.3 is 0 Å². The second-order valence-electron chi connectivity index (χ2n) is 5.91. The quantitative estimate of drug-likeness (QED) is 0.921. The van der Waals surface area contributed by atoms with Gasteiger partial charge in [0.25, 0.3) is 0 Å². The van der Waals surface area contributed by atoms with Gasteiger partial charge < -0.3 is 10.5 Å². The van der Waals surface area contributed by atoms with Crippen molar-refractivity contribution in [3.05, 3.63) is 70.2 Å². The van der Waals surface area contributed by atoms with Crippen molar-refractivity contribution in [2.45, 2.75) is 31.4 Å². The van der Waals surface area contributed by atoms with Crippen LogP contribution in [0, 0.1) is 0 Å². The van der Waals surface area contributed by atoms with Gasteiger partial charge in [0, 0.05) is 10.6 Å². The summed E-state index contributed by atoms with van der Waals surface area (Å²) >= 11 is 6.31. The van der Waals surface area contributed by atoms with Gasteiger partial charge in [0.1, 0.15) is 0 Å². The molecule has 0 amide bonds. The average molecular weight is 302 g/mol. The molecule has 0 radical (unpaired) electrons. The number of halogens is 1. The minimum absolute atomic E-state index is 0.0289. The Kier molecular flexibility index (Phi) is 4.03. The highest BCUT2D eigenvalue weighted by atomic mass is 35.5. The zero-order valence-electron chi connectivity index (χ0n) is 12.2. The smallest absolute Gasteiger partial charge is 0.0848 e. The van der Waals surface area contributed by atoms with Gasteiger partial charge in [0.2, 0.25) is 0 Å². The van der Waals surface area contributed by atoms with Crippen molar-refractivity contribution in [1.29, 1.82) is 0 Å². The third-order valence-electron chi connectivity index (χ3n) is 4.19. The molecule has 0 spiro atoms. The molecular weight excluding hydrogens is 282 g/mol. The molecule has 3 rings (SSSR count). The van der Waals surface area contributed by atoms with Crippen molar-refractivity contribution in [2.75, 3.05) is 6.61 Å². The molecule has 1 aliphatic rings. The maximum Gasteiger partial charge on any atom is 0.0848 e. The molecule has 3 heteroatoms. The molecular formula is C18H20ClNO. The van der Waals surface area contributed by atoms with Gasteiger partial charge in [0.15, 0.2) is 0 Å². The summed E-state index contributed by atoms with van der Waals surface area (Å²) < 4.78 is 5.98. The molecule has 2 nitrogen and oxygen atoms in total. The molecule has 0 saturated heterocycles. The summed E-state index contributed by atoms with van der Waals surface area (Å²) in [6, 6.07) is 16.2. The predicted molar refractivity (Wildman–Crippen MR) is 86.4 cm³/mol. The van der Waals surface area contributed by atoms with Crippen LogP contribution in [-0.4, -0.2) is 6.61 Å². The molecule has 2 unspecified atom stereocenters. The molecule has 0 aliphatic carbocycles. The Labute approximate surface area is 130 Å². The number of fused-ring (bicyclic) bond motifs is 1. The Morgan fingerprint density at radius 3 is 2.71 bits per heavy atom. The highest BCUT2D eigenvalue weighted by Gasteiger charge is 2.31. The van der Waals surface area contributed by atoms with Crippen LogP contribution in [0.5, 0.6) is 0 Å². The average Bonchev–Trinajstić information content (AvgIpc) is 2.47. The minimum Gasteiger partial charge on any atom is -0.373 e. The molecule has 110 valence electrons. The highest BCUT2D eigenvalue weighted by molar-refractivity contribution is 6.31. The van der Waals surface area contributed by atoms with E-state index >= 15 is 0 Å². The SMILES string of the molecule is CC(N)(CC1OCCc2ccccc21)c1ccccc1Cl. The maximum absolute atomic E-state index is 6.56. The number of nitrogens with two attached hydrogens (primary N) is 1. The van der Waals surface area contributed by atoms with Gasteiger partial charge in [-0.15, -0.1) is 0 Å². The van der Waals surface area contributed by atoms with Crippen LogP contribution < -0.4 is 5.73 Å². The molecule has 1 aliphatic heterocycles. The lowest BCUT2D eigenvalue weighted by molar-refractivity contribution is 0.0223. The lowest BCUT2D eigenvalue weighted by atomic mass is 9.83. The number of rotatable bonds is 3. The van der Waals surface area contributed by atoms with Crippen LogP contribution in [0.4, 0.5) is 0 Å². The number of hydrogen-bond donors (Lipinski definition) is 1. The van der Waals surface area contributed by atoms with Crippen molar-refractivity contribution < 1.29 is 4.74 Å². The summed E-state index contributed by atoms with van der Waals surface area (Å²) in [5, 5.41) is 0.714. The van der Waals surface area contributed by atoms with Crippen molar-refractivity contribution >= 4 is 11.6 Å². The Hall–Kier alpha value is -1.35. The molecule has 2 aromatic carbocycles. The molecule has 2 aromatic rings. The normalized spacial score (nSPS) is 20.6. The second-order valence-corrected chi connectivity index (χ2v) is 6.32. The van der Waals surface area contributed by atoms with Crippen LogP contribution in [0.3, 0.4) is 0 Å². The van der Waals surface area contributed by atoms with E-state index in [0.29, 0.717) is 11.4 Å². The predicted octanol–water partition coefficient (Wildman–Crippen LogP) is 4.22. The Balaban J connectivity index is 1.89. The van der Waals surface area contributed by atoms with Gasteiger partial charge in [0.05, 0.1) is 12.7 Å². The van der Waals surface area contributed by atoms with E-state index < -0.39 is 5.54 Å². The largest absolute Gasteiger partial charge is 0.373 e. The third kappa shape index (κ3) is 2.98. The van der Waals surface area contributed by atoms with Gasteiger partial charge in [-0.3, -0.25) is 0 Å². The summed E-state index contributed by atoms with van der Waals surface area (Å²) in [5.41, 5.74) is 9.63. The fourth-order valence-corrected chi connectivity index (χ4v) is 3.42. The lowest BCUT2D eigenvalue weighted by Crippen LogP contribution is -2.36. The van der Waals surface area contributed by atoms with Crippen LogP contribution in [0.25, 0.3) is 0 Å². The van der Waals surface area contributed by atoms with Crippen molar-refractivity contribution in [2.24, 2.45) is 5.73 Å². The molecule has 0 bridgehead atoms. The van der Waals surface area contributed by atoms with E-state index in [4.69, 9.17) is 22.1 Å². The van der Waals surface area contributed by atoms with E-state index in [-0.39, 0.29) is 6.10 Å². The summed E-state index contributed by atoms with van der Waals surface area (Å²) in [5.74, 6) is 0. The van der Waals surface area contributed by atoms with E-state index in [9.17, 15) is 0 Å². The molecule has 1 heterocycles. The van der Waals surface area contributed by atoms with Crippen molar-refractivity contribution in [1.82, 2.24) is 0 Å². The van der Waals surface area contributed by atoms with Gasteiger partial charge in [-0.25, -0.2) is 0 Å². The van der Waals surface area contributed by atoms with E-state index in [0.717, 1.165) is 18.6 Å². The van der Waals surface area contributed by atoms with Crippen LogP contribution in [0.15, 0.2) is 48.5 Å². The fourth-order valence-electron chi connectivity index (χ4n) is 3.07. The second kappa shape index (κ2) is 5.80. The van der Waals surface area contributed by atoms with Gasteiger partial charge in [-0.05, 0) is 42.5 Å². The van der Waals surface area contributed by atoms with Crippen LogP contribution >= 0.6 is 11.6 Å². The Bertz CT molecular complexity index is 639. The number of benzene rings is 2. The molecule has 0 aromatic heterocycles. The molecule has 2 atom stereocenters. The summed E-state index contributed by atoms with van der Waals surface area (Å²) in [7, 11) is 0. The monoisotopic (exact) mass is 301 g/mol. The Morgan fingerprint density at radius 2 is 1.90 bits per heavy atom. The van der Waals surface area contributed by atoms with E-state index in [1.165, 1.54) is 11.1 Å². The summed E-state index contributed by atoms with van der Waals surface area (Å²) in [6.07, 6.45) is 1.72. The fraction of sp³-hybridized carbons (Fsp3) is 0.333. The minimum atomic E-state index is -0.520. The topological polar surface area (TPSA) is 35.2 Å². The first kappa shape index (κ1) is 14.6. The van der Waals surface area contributed by atoms with Crippen molar-refractivity contribution in [3.8, 4) is 0 Å². The first-order chi connectivity index (χ1) is 10.1. The van der Waals surface area contributed by atoms with Gasteiger partial charge in [-0.2, -0.15) is 0 Å². The molecule has 0 fully saturated rings. The zero-order chi connectivity index (χ0) is 14.9. The van der Waals surface area contributed by atoms with Crippen LogP contribution in [0.1, 0.15) is 36.1 Å². The van der Waals surface area contributed by atoms with Gasteiger partial charge in [-0.1, -0.05) is 54.1 Å². The number of ether oxygens (including phenoxy) is 1. The molecule has 2 N–H and O–H groups in total. The zero-order valence-corrected chi connectivity index (χ0v) is 12.9. The number of hydrogen-bond acceptors (Lipinski definition) is 2. The van der Waals surface area contributed by atoms with Crippen molar-refractivity contribution in [3.63, 3.8) is 0 Å². The maximum atomic E-state index is 6.56. The lowest BCUT2D eigenvalue weighted by Gasteiger charge is -2.34.